The van der Waals surface area contributed by atoms with Crippen LogP contribution in [0.3, 0.4) is 0 Å². The number of carbonyl (C=O) groups is 1. The summed E-state index contributed by atoms with van der Waals surface area (Å²) >= 11 is 23.4. The molecule has 7 heteroatoms. The molecule has 2 rings (SSSR count). The topological polar surface area (TPSA) is 55.1 Å². The lowest BCUT2D eigenvalue weighted by Gasteiger charge is -2.08. The van der Waals surface area contributed by atoms with E-state index in [1.807, 2.05) is 0 Å². The van der Waals surface area contributed by atoms with Gasteiger partial charge >= 0.3 is 0 Å². The first-order chi connectivity index (χ1) is 9.38. The predicted octanol–water partition coefficient (Wildman–Crippen LogP) is 5.13. The van der Waals surface area contributed by atoms with Crippen molar-refractivity contribution in [1.29, 1.82) is 0 Å². The highest BCUT2D eigenvalue weighted by Gasteiger charge is 2.12. The first-order valence-electron chi connectivity index (χ1n) is 5.39. The highest BCUT2D eigenvalue weighted by Crippen LogP contribution is 2.30. The fraction of sp³-hybridized carbons (Fsp3) is 0. The molecule has 0 aliphatic carbocycles. The van der Waals surface area contributed by atoms with Gasteiger partial charge in [0.05, 0.1) is 25.8 Å². The second-order valence-corrected chi connectivity index (χ2v) is 5.57. The summed E-state index contributed by atoms with van der Waals surface area (Å²) in [5.41, 5.74) is 6.65. The molecule has 0 aromatic heterocycles. The highest BCUT2D eigenvalue weighted by atomic mass is 35.5. The van der Waals surface area contributed by atoms with E-state index in [9.17, 15) is 4.79 Å². The van der Waals surface area contributed by atoms with Crippen molar-refractivity contribution < 1.29 is 4.79 Å². The second kappa shape index (κ2) is 6.10. The summed E-state index contributed by atoms with van der Waals surface area (Å²) in [5.74, 6) is -0.382. The van der Waals surface area contributed by atoms with E-state index >= 15 is 0 Å². The van der Waals surface area contributed by atoms with Crippen LogP contribution in [0.1, 0.15) is 10.4 Å². The molecule has 0 atom stereocenters. The zero-order chi connectivity index (χ0) is 14.9. The number of halogens is 4. The van der Waals surface area contributed by atoms with Crippen LogP contribution in [0.15, 0.2) is 30.3 Å². The highest BCUT2D eigenvalue weighted by molar-refractivity contribution is 6.42. The number of hydrogen-bond acceptors (Lipinski definition) is 2. The van der Waals surface area contributed by atoms with E-state index in [1.165, 1.54) is 12.1 Å². The molecule has 2 aromatic carbocycles. The Labute approximate surface area is 135 Å². The molecule has 20 heavy (non-hydrogen) atoms. The maximum Gasteiger partial charge on any atom is 0.255 e. The Kier molecular flexibility index (Phi) is 4.66. The Morgan fingerprint density at radius 3 is 2.05 bits per heavy atom. The Balaban J connectivity index is 2.26. The van der Waals surface area contributed by atoms with Crippen molar-refractivity contribution in [3.05, 3.63) is 56.0 Å². The number of anilines is 2. The van der Waals surface area contributed by atoms with Gasteiger partial charge < -0.3 is 11.1 Å². The minimum absolute atomic E-state index is 0.219. The van der Waals surface area contributed by atoms with Crippen LogP contribution in [0.25, 0.3) is 0 Å². The molecule has 0 radical (unpaired) electrons. The van der Waals surface area contributed by atoms with Gasteiger partial charge in [0.2, 0.25) is 0 Å². The largest absolute Gasteiger partial charge is 0.396 e. The lowest BCUT2D eigenvalue weighted by atomic mass is 10.2. The first kappa shape index (κ1) is 15.3. The van der Waals surface area contributed by atoms with E-state index < -0.39 is 0 Å². The molecule has 0 bridgehead atoms. The molecule has 3 N–H and O–H groups in total. The summed E-state index contributed by atoms with van der Waals surface area (Å²) in [6.45, 7) is 0. The lowest BCUT2D eigenvalue weighted by Crippen LogP contribution is -2.12. The summed E-state index contributed by atoms with van der Waals surface area (Å²) in [6.07, 6.45) is 0. The number of benzene rings is 2. The molecule has 1 amide bonds. The van der Waals surface area contributed by atoms with Gasteiger partial charge in [-0.15, -0.1) is 0 Å². The van der Waals surface area contributed by atoms with Crippen LogP contribution >= 0.6 is 46.4 Å². The Morgan fingerprint density at radius 2 is 1.50 bits per heavy atom. The van der Waals surface area contributed by atoms with Gasteiger partial charge in [-0.3, -0.25) is 4.79 Å². The van der Waals surface area contributed by atoms with Gasteiger partial charge in [0.15, 0.2) is 0 Å². The lowest BCUT2D eigenvalue weighted by molar-refractivity contribution is 0.102. The fourth-order valence-corrected chi connectivity index (χ4v) is 2.28. The number of carbonyl (C=O) groups excluding carboxylic acids is 1. The van der Waals surface area contributed by atoms with Crippen LogP contribution in [0.2, 0.25) is 20.1 Å². The van der Waals surface area contributed by atoms with Gasteiger partial charge in [0.25, 0.3) is 5.91 Å². The average molecular weight is 350 g/mol. The Bertz CT molecular complexity index is 665. The van der Waals surface area contributed by atoms with Crippen LogP contribution in [0, 0.1) is 0 Å². The average Bonchev–Trinajstić information content (AvgIpc) is 2.39. The molecule has 3 nitrogen and oxygen atoms in total. The molecule has 0 unspecified atom stereocenters. The SMILES string of the molecule is Nc1c(Cl)cc(C(=O)Nc2ccc(Cl)c(Cl)c2)cc1Cl. The zero-order valence-corrected chi connectivity index (χ0v) is 12.9. The van der Waals surface area contributed by atoms with Gasteiger partial charge in [0, 0.05) is 11.3 Å². The number of nitrogen functional groups attached to an aromatic ring is 1. The van der Waals surface area contributed by atoms with Crippen molar-refractivity contribution in [3.63, 3.8) is 0 Å². The molecule has 0 aliphatic rings. The molecule has 104 valence electrons. The van der Waals surface area contributed by atoms with Crippen molar-refractivity contribution in [2.24, 2.45) is 0 Å². The summed E-state index contributed by atoms with van der Waals surface area (Å²) in [6, 6.07) is 7.64. The maximum absolute atomic E-state index is 12.1. The predicted molar refractivity (Wildman–Crippen MR) is 85.3 cm³/mol. The van der Waals surface area contributed by atoms with E-state index in [1.54, 1.807) is 18.2 Å². The maximum atomic E-state index is 12.1. The van der Waals surface area contributed by atoms with E-state index in [2.05, 4.69) is 5.32 Å². The van der Waals surface area contributed by atoms with E-state index in [0.717, 1.165) is 0 Å². The fourth-order valence-electron chi connectivity index (χ4n) is 1.49. The van der Waals surface area contributed by atoms with Gasteiger partial charge in [0.1, 0.15) is 0 Å². The number of rotatable bonds is 2. The van der Waals surface area contributed by atoms with Crippen LogP contribution in [-0.2, 0) is 0 Å². The van der Waals surface area contributed by atoms with Gasteiger partial charge in [-0.1, -0.05) is 46.4 Å². The normalized spacial score (nSPS) is 10.4. The molecule has 0 saturated carbocycles. The van der Waals surface area contributed by atoms with Crippen LogP contribution in [-0.4, -0.2) is 5.91 Å². The van der Waals surface area contributed by atoms with Crippen LogP contribution in [0.4, 0.5) is 11.4 Å². The van der Waals surface area contributed by atoms with Gasteiger partial charge in [-0.25, -0.2) is 0 Å². The minimum Gasteiger partial charge on any atom is -0.396 e. The zero-order valence-electron chi connectivity index (χ0n) is 9.88. The summed E-state index contributed by atoms with van der Waals surface area (Å²) in [7, 11) is 0. The second-order valence-electron chi connectivity index (χ2n) is 3.94. The van der Waals surface area contributed by atoms with Crippen molar-refractivity contribution in [1.82, 2.24) is 0 Å². The summed E-state index contributed by atoms with van der Waals surface area (Å²) in [4.78, 5) is 12.1. The van der Waals surface area contributed by atoms with E-state index in [0.29, 0.717) is 21.3 Å². The third-order valence-electron chi connectivity index (χ3n) is 2.52. The standard InChI is InChI=1S/C13H8Cl4N2O/c14-8-2-1-7(5-9(8)15)19-13(20)6-3-10(16)12(18)11(17)4-6/h1-5H,18H2,(H,19,20). The minimum atomic E-state index is -0.382. The molecule has 0 spiro atoms. The molecular formula is C13H8Cl4N2O. The van der Waals surface area contributed by atoms with Gasteiger partial charge in [-0.2, -0.15) is 0 Å². The quantitative estimate of drug-likeness (QED) is 0.738. The molecule has 0 heterocycles. The van der Waals surface area contributed by atoms with Crippen molar-refractivity contribution in [2.75, 3.05) is 11.1 Å². The van der Waals surface area contributed by atoms with Crippen LogP contribution < -0.4 is 11.1 Å². The van der Waals surface area contributed by atoms with Crippen molar-refractivity contribution in [3.8, 4) is 0 Å². The smallest absolute Gasteiger partial charge is 0.255 e. The molecule has 0 aliphatic heterocycles. The van der Waals surface area contributed by atoms with Gasteiger partial charge in [-0.05, 0) is 30.3 Å². The molecular weight excluding hydrogens is 342 g/mol. The van der Waals surface area contributed by atoms with Crippen molar-refractivity contribution in [2.45, 2.75) is 0 Å². The molecule has 2 aromatic rings. The number of nitrogens with two attached hydrogens (primary N) is 1. The summed E-state index contributed by atoms with van der Waals surface area (Å²) in [5, 5.41) is 3.85. The van der Waals surface area contributed by atoms with E-state index in [4.69, 9.17) is 52.1 Å². The monoisotopic (exact) mass is 348 g/mol. The van der Waals surface area contributed by atoms with Crippen molar-refractivity contribution >= 4 is 63.7 Å². The third kappa shape index (κ3) is 3.30. The summed E-state index contributed by atoms with van der Waals surface area (Å²) < 4.78 is 0. The first-order valence-corrected chi connectivity index (χ1v) is 6.90. The molecule has 0 fully saturated rings. The van der Waals surface area contributed by atoms with Crippen LogP contribution in [0.5, 0.6) is 0 Å². The van der Waals surface area contributed by atoms with E-state index in [-0.39, 0.29) is 21.6 Å². The molecule has 0 saturated heterocycles. The number of nitrogens with one attached hydrogen (secondary N) is 1. The third-order valence-corrected chi connectivity index (χ3v) is 3.88. The Morgan fingerprint density at radius 1 is 0.900 bits per heavy atom. The number of amides is 1. The number of hydrogen-bond donors (Lipinski definition) is 2. The Hall–Kier alpha value is -1.13.